The van der Waals surface area contributed by atoms with Crippen LogP contribution in [0.15, 0.2) is 60.7 Å². The van der Waals surface area contributed by atoms with Crippen LogP contribution in [0, 0.1) is 0 Å². The van der Waals surface area contributed by atoms with Gasteiger partial charge in [-0.3, -0.25) is 0 Å². The van der Waals surface area contributed by atoms with E-state index in [4.69, 9.17) is 9.05 Å². The molecule has 0 radical (unpaired) electrons. The summed E-state index contributed by atoms with van der Waals surface area (Å²) in [6.07, 6.45) is 0. The van der Waals surface area contributed by atoms with Crippen LogP contribution in [0.2, 0.25) is 0 Å². The van der Waals surface area contributed by atoms with Gasteiger partial charge in [0, 0.05) is 0 Å². The second-order valence-electron chi connectivity index (χ2n) is 3.26. The van der Waals surface area contributed by atoms with Gasteiger partial charge in [0.2, 0.25) is 0 Å². The Balaban J connectivity index is 0.00000162. The number of hydrogen-bond acceptors (Lipinski definition) is 4. The molecule has 2 aromatic carbocycles. The van der Waals surface area contributed by atoms with E-state index in [0.717, 1.165) is 0 Å². The molecule has 0 atom stereocenters. The summed E-state index contributed by atoms with van der Waals surface area (Å²) in [6.45, 7) is 0. The number of phosphoric acid groups is 1. The van der Waals surface area contributed by atoms with Crippen molar-refractivity contribution in [1.82, 2.24) is 0 Å². The molecule has 2 aromatic rings. The second-order valence-corrected chi connectivity index (χ2v) is 4.52. The molecule has 0 spiro atoms. The topological polar surface area (TPSA) is 58.6 Å². The summed E-state index contributed by atoms with van der Waals surface area (Å²) in [5.74, 6) is 0.448. The molecular formula is C12H10KNaO4P+. The number of rotatable bonds is 4. The zero-order valence-corrected chi connectivity index (χ0v) is 16.9. The Kier molecular flexibility index (Phi) is 10.2. The van der Waals surface area contributed by atoms with Gasteiger partial charge >= 0.3 is 88.8 Å². The van der Waals surface area contributed by atoms with Gasteiger partial charge in [0.05, 0.1) is 0 Å². The predicted molar refractivity (Wildman–Crippen MR) is 61.7 cm³/mol. The molecule has 0 aliphatic carbocycles. The van der Waals surface area contributed by atoms with E-state index in [-0.39, 0.29) is 92.4 Å². The van der Waals surface area contributed by atoms with Gasteiger partial charge in [-0.15, -0.1) is 0 Å². The summed E-state index contributed by atoms with van der Waals surface area (Å²) >= 11 is 0. The summed E-state index contributed by atoms with van der Waals surface area (Å²) in [4.78, 5) is 11.6. The second kappa shape index (κ2) is 9.74. The molecule has 4 nitrogen and oxygen atoms in total. The van der Waals surface area contributed by atoms with Gasteiger partial charge in [-0.25, -0.2) is 4.57 Å². The van der Waals surface area contributed by atoms with Crippen LogP contribution in [0.25, 0.3) is 0 Å². The molecule has 0 aliphatic rings. The van der Waals surface area contributed by atoms with Crippen molar-refractivity contribution in [2.24, 2.45) is 0 Å². The van der Waals surface area contributed by atoms with Crippen molar-refractivity contribution >= 4 is 7.82 Å². The molecule has 0 heterocycles. The van der Waals surface area contributed by atoms with Gasteiger partial charge in [0.15, 0.2) is 0 Å². The van der Waals surface area contributed by atoms with Crippen LogP contribution in [0.5, 0.6) is 11.5 Å². The fourth-order valence-corrected chi connectivity index (χ4v) is 2.04. The molecular weight excluding hydrogens is 301 g/mol. The number of phosphoric ester groups is 1. The van der Waals surface area contributed by atoms with Crippen molar-refractivity contribution < 1.29 is 99.4 Å². The molecule has 0 N–H and O–H groups in total. The average Bonchev–Trinajstić information content (AvgIpc) is 2.30. The fourth-order valence-electron chi connectivity index (χ4n) is 1.24. The quantitative estimate of drug-likeness (QED) is 0.437. The molecule has 0 bridgehead atoms. The molecule has 0 aromatic heterocycles. The van der Waals surface area contributed by atoms with Crippen LogP contribution >= 0.6 is 7.82 Å². The van der Waals surface area contributed by atoms with Crippen LogP contribution in [0.4, 0.5) is 0 Å². The van der Waals surface area contributed by atoms with Crippen LogP contribution < -0.4 is 94.9 Å². The molecule has 88 valence electrons. The first-order chi connectivity index (χ1) is 8.16. The average molecular weight is 311 g/mol. The van der Waals surface area contributed by atoms with Gasteiger partial charge in [0.25, 0.3) is 0 Å². The summed E-state index contributed by atoms with van der Waals surface area (Å²) < 4.78 is 21.1. The maximum atomic E-state index is 11.6. The Bertz CT molecular complexity index is 478. The summed E-state index contributed by atoms with van der Waals surface area (Å²) in [5.41, 5.74) is 0. The van der Waals surface area contributed by atoms with Crippen LogP contribution in [-0.2, 0) is 4.57 Å². The smallest absolute Gasteiger partial charge is 0.736 e. The number of benzene rings is 2. The predicted octanol–water partition coefficient (Wildman–Crippen LogP) is -3.38. The van der Waals surface area contributed by atoms with E-state index in [9.17, 15) is 9.46 Å². The Morgan fingerprint density at radius 3 is 1.42 bits per heavy atom. The third kappa shape index (κ3) is 7.44. The zero-order chi connectivity index (χ0) is 12.1. The monoisotopic (exact) mass is 311 g/mol. The van der Waals surface area contributed by atoms with E-state index in [1.54, 1.807) is 60.7 Å². The van der Waals surface area contributed by atoms with Crippen molar-refractivity contribution in [2.45, 2.75) is 0 Å². The minimum Gasteiger partial charge on any atom is -0.736 e. The van der Waals surface area contributed by atoms with Crippen molar-refractivity contribution in [3.05, 3.63) is 60.7 Å². The molecule has 0 unspecified atom stereocenters. The van der Waals surface area contributed by atoms with Crippen LogP contribution in [0.3, 0.4) is 0 Å². The first-order valence-electron chi connectivity index (χ1n) is 4.96. The van der Waals surface area contributed by atoms with E-state index in [1.807, 2.05) is 0 Å². The SMILES string of the molecule is O=P([O-])(Oc1ccccc1)Oc1ccccc1.[K+].[Na+]. The number of para-hydroxylation sites is 2. The van der Waals surface area contributed by atoms with E-state index in [0.29, 0.717) is 0 Å². The van der Waals surface area contributed by atoms with E-state index >= 15 is 0 Å². The van der Waals surface area contributed by atoms with Gasteiger partial charge in [-0.05, 0) is 24.3 Å². The molecule has 19 heavy (non-hydrogen) atoms. The Labute approximate surface area is 176 Å². The van der Waals surface area contributed by atoms with Gasteiger partial charge in [-0.2, -0.15) is 0 Å². The Morgan fingerprint density at radius 2 is 1.11 bits per heavy atom. The van der Waals surface area contributed by atoms with Crippen LogP contribution in [0.1, 0.15) is 0 Å². The minimum atomic E-state index is -4.39. The molecule has 0 saturated heterocycles. The first-order valence-corrected chi connectivity index (χ1v) is 6.42. The molecule has 0 amide bonds. The molecule has 0 aliphatic heterocycles. The van der Waals surface area contributed by atoms with Gasteiger partial charge < -0.3 is 13.9 Å². The summed E-state index contributed by atoms with van der Waals surface area (Å²) in [7, 11) is -4.39. The van der Waals surface area contributed by atoms with E-state index in [1.165, 1.54) is 0 Å². The maximum absolute atomic E-state index is 11.6. The number of hydrogen-bond donors (Lipinski definition) is 0. The zero-order valence-electron chi connectivity index (χ0n) is 10.9. The normalized spacial score (nSPS) is 9.74. The maximum Gasteiger partial charge on any atom is 1.00 e. The molecule has 2 rings (SSSR count). The molecule has 0 fully saturated rings. The largest absolute Gasteiger partial charge is 1.00 e. The van der Waals surface area contributed by atoms with Gasteiger partial charge in [-0.1, -0.05) is 36.4 Å². The van der Waals surface area contributed by atoms with Crippen LogP contribution in [-0.4, -0.2) is 0 Å². The summed E-state index contributed by atoms with van der Waals surface area (Å²) in [5, 5.41) is 0. The summed E-state index contributed by atoms with van der Waals surface area (Å²) in [6, 6.07) is 16.4. The van der Waals surface area contributed by atoms with E-state index < -0.39 is 7.82 Å². The molecule has 7 heteroatoms. The van der Waals surface area contributed by atoms with Crippen molar-refractivity contribution in [3.8, 4) is 11.5 Å². The fraction of sp³-hybridized carbons (Fsp3) is 0. The standard InChI is InChI=1S/C12H11O4P.K.Na/c13-17(14,15-11-7-3-1-4-8-11)16-12-9-5-2-6-10-12;;/h1-10H,(H,13,14);;/q;2*+1/p-1. The van der Waals surface area contributed by atoms with Gasteiger partial charge in [0.1, 0.15) is 11.5 Å². The Hall–Kier alpha value is 0.866. The third-order valence-electron chi connectivity index (χ3n) is 1.92. The first kappa shape index (κ1) is 19.9. The molecule has 0 saturated carbocycles. The third-order valence-corrected chi connectivity index (χ3v) is 2.79. The van der Waals surface area contributed by atoms with Crippen molar-refractivity contribution in [1.29, 1.82) is 0 Å². The van der Waals surface area contributed by atoms with Crippen molar-refractivity contribution in [3.63, 3.8) is 0 Å². The minimum absolute atomic E-state index is 0. The van der Waals surface area contributed by atoms with Crippen molar-refractivity contribution in [2.75, 3.05) is 0 Å². The Morgan fingerprint density at radius 1 is 0.789 bits per heavy atom. The van der Waals surface area contributed by atoms with E-state index in [2.05, 4.69) is 0 Å².